The molecule has 1 heterocycles. The van der Waals surface area contributed by atoms with Gasteiger partial charge in [0.05, 0.1) is 18.8 Å². The van der Waals surface area contributed by atoms with Gasteiger partial charge in [-0.05, 0) is 19.3 Å². The highest BCUT2D eigenvalue weighted by atomic mass is 127. The summed E-state index contributed by atoms with van der Waals surface area (Å²) in [5.41, 5.74) is -0.296. The number of rotatable bonds is 7. The van der Waals surface area contributed by atoms with Crippen molar-refractivity contribution in [2.75, 3.05) is 26.7 Å². The van der Waals surface area contributed by atoms with Crippen LogP contribution < -0.4 is 10.6 Å². The van der Waals surface area contributed by atoms with Gasteiger partial charge in [-0.25, -0.2) is 4.99 Å². The number of hydrogen-bond acceptors (Lipinski definition) is 4. The Balaban J connectivity index is 0.00000576. The maximum Gasteiger partial charge on any atom is 0.191 e. The smallest absolute Gasteiger partial charge is 0.191 e. The second-order valence-corrected chi connectivity index (χ2v) is 7.34. The van der Waals surface area contributed by atoms with Gasteiger partial charge in [0.15, 0.2) is 5.96 Å². The van der Waals surface area contributed by atoms with Crippen LogP contribution in [0.3, 0.4) is 0 Å². The minimum atomic E-state index is -1.07. The number of hydrogen-bond donors (Lipinski definition) is 3. The maximum atomic E-state index is 10.6. The van der Waals surface area contributed by atoms with Gasteiger partial charge in [-0.1, -0.05) is 20.8 Å². The van der Waals surface area contributed by atoms with Crippen LogP contribution in [0.1, 0.15) is 40.2 Å². The highest BCUT2D eigenvalue weighted by Crippen LogP contribution is 2.21. The summed E-state index contributed by atoms with van der Waals surface area (Å²) < 4.78 is 7.23. The number of methoxy groups -OCH3 is 1. The summed E-state index contributed by atoms with van der Waals surface area (Å²) in [6.07, 6.45) is 3.52. The zero-order chi connectivity index (χ0) is 18.4. The molecular formula is C17H34IN5O2. The van der Waals surface area contributed by atoms with E-state index >= 15 is 0 Å². The minimum absolute atomic E-state index is 0. The van der Waals surface area contributed by atoms with Gasteiger partial charge in [0.1, 0.15) is 5.60 Å². The topological polar surface area (TPSA) is 83.7 Å². The number of aryl methyl sites for hydroxylation is 1. The highest BCUT2D eigenvalue weighted by Gasteiger charge is 2.26. The third-order valence-corrected chi connectivity index (χ3v) is 3.92. The van der Waals surface area contributed by atoms with Crippen LogP contribution in [0.4, 0.5) is 0 Å². The van der Waals surface area contributed by atoms with Crippen molar-refractivity contribution in [2.24, 2.45) is 17.5 Å². The summed E-state index contributed by atoms with van der Waals surface area (Å²) in [7, 11) is 3.54. The van der Waals surface area contributed by atoms with Gasteiger partial charge >= 0.3 is 0 Å². The Morgan fingerprint density at radius 2 is 2.00 bits per heavy atom. The Bertz CT molecular complexity index is 537. The molecule has 25 heavy (non-hydrogen) atoms. The Morgan fingerprint density at radius 1 is 1.36 bits per heavy atom. The number of guanidine groups is 1. The molecule has 2 atom stereocenters. The van der Waals surface area contributed by atoms with Crippen LogP contribution in [0.25, 0.3) is 0 Å². The first-order valence-electron chi connectivity index (χ1n) is 8.36. The fourth-order valence-corrected chi connectivity index (χ4v) is 2.30. The lowest BCUT2D eigenvalue weighted by atomic mass is 9.89. The van der Waals surface area contributed by atoms with Crippen LogP contribution in [0.2, 0.25) is 0 Å². The van der Waals surface area contributed by atoms with Gasteiger partial charge in [-0.15, -0.1) is 24.0 Å². The molecule has 0 aliphatic rings. The molecular weight excluding hydrogens is 433 g/mol. The molecule has 146 valence electrons. The molecule has 3 N–H and O–H groups in total. The molecule has 0 aromatic carbocycles. The second kappa shape index (κ2) is 10.3. The third kappa shape index (κ3) is 7.91. The minimum Gasteiger partial charge on any atom is -0.383 e. The summed E-state index contributed by atoms with van der Waals surface area (Å²) in [5, 5.41) is 21.2. The monoisotopic (exact) mass is 467 g/mol. The molecule has 0 radical (unpaired) electrons. The zero-order valence-electron chi connectivity index (χ0n) is 16.5. The van der Waals surface area contributed by atoms with Crippen molar-refractivity contribution in [3.05, 3.63) is 18.0 Å². The molecule has 0 spiro atoms. The van der Waals surface area contributed by atoms with Crippen LogP contribution >= 0.6 is 24.0 Å². The van der Waals surface area contributed by atoms with Crippen molar-refractivity contribution >= 4 is 29.9 Å². The maximum absolute atomic E-state index is 10.6. The molecule has 0 saturated heterocycles. The molecule has 0 amide bonds. The zero-order valence-corrected chi connectivity index (χ0v) is 18.8. The van der Waals surface area contributed by atoms with Crippen LogP contribution in [0.15, 0.2) is 17.4 Å². The Labute approximate surface area is 168 Å². The van der Waals surface area contributed by atoms with Crippen molar-refractivity contribution in [3.8, 4) is 0 Å². The largest absolute Gasteiger partial charge is 0.383 e. The van der Waals surface area contributed by atoms with Crippen LogP contribution in [0, 0.1) is 5.41 Å². The lowest BCUT2D eigenvalue weighted by Crippen LogP contribution is -2.45. The van der Waals surface area contributed by atoms with Crippen LogP contribution in [-0.4, -0.2) is 53.7 Å². The lowest BCUT2D eigenvalue weighted by molar-refractivity contribution is 0.0204. The number of nitrogens with one attached hydrogen (secondary N) is 2. The fraction of sp³-hybridized carbons (Fsp3) is 0.765. The summed E-state index contributed by atoms with van der Waals surface area (Å²) in [6, 6.07) is 0. The number of halogens is 1. The highest BCUT2D eigenvalue weighted by molar-refractivity contribution is 14.0. The second-order valence-electron chi connectivity index (χ2n) is 7.34. The molecule has 1 rings (SSSR count). The molecule has 0 saturated carbocycles. The Kier molecular flexibility index (Phi) is 9.96. The molecule has 0 aliphatic heterocycles. The van der Waals surface area contributed by atoms with E-state index in [-0.39, 0.29) is 42.0 Å². The average Bonchev–Trinajstić information content (AvgIpc) is 2.91. The SMILES string of the molecule is CCNC(=NCC(C)(O)c1cnn(C)c1)NCC(OC)C(C)(C)C.I. The van der Waals surface area contributed by atoms with Crippen molar-refractivity contribution < 1.29 is 9.84 Å². The number of aliphatic hydroxyl groups is 1. The predicted octanol–water partition coefficient (Wildman–Crippen LogP) is 1.86. The Hall–Kier alpha value is -0.870. The first-order valence-corrected chi connectivity index (χ1v) is 8.36. The lowest BCUT2D eigenvalue weighted by Gasteiger charge is -2.30. The number of ether oxygens (including phenoxy) is 1. The van der Waals surface area contributed by atoms with E-state index in [9.17, 15) is 5.11 Å². The van der Waals surface area contributed by atoms with Crippen LogP contribution in [0.5, 0.6) is 0 Å². The van der Waals surface area contributed by atoms with E-state index in [1.807, 2.05) is 14.0 Å². The van der Waals surface area contributed by atoms with Gasteiger partial charge in [0, 0.05) is 39.0 Å². The van der Waals surface area contributed by atoms with Gasteiger partial charge in [0.25, 0.3) is 0 Å². The van der Waals surface area contributed by atoms with E-state index in [0.29, 0.717) is 12.5 Å². The van der Waals surface area contributed by atoms with E-state index < -0.39 is 5.60 Å². The quantitative estimate of drug-likeness (QED) is 0.324. The van der Waals surface area contributed by atoms with Crippen LogP contribution in [-0.2, 0) is 17.4 Å². The third-order valence-electron chi connectivity index (χ3n) is 3.92. The number of aromatic nitrogens is 2. The normalized spacial score (nSPS) is 15.9. The van der Waals surface area contributed by atoms with Gasteiger partial charge in [0.2, 0.25) is 0 Å². The summed E-state index contributed by atoms with van der Waals surface area (Å²) >= 11 is 0. The van der Waals surface area contributed by atoms with E-state index in [0.717, 1.165) is 12.1 Å². The first-order chi connectivity index (χ1) is 11.1. The molecule has 7 nitrogen and oxygen atoms in total. The molecule has 2 unspecified atom stereocenters. The van der Waals surface area contributed by atoms with Gasteiger partial charge in [-0.3, -0.25) is 4.68 Å². The summed E-state index contributed by atoms with van der Waals surface area (Å²) in [5.74, 6) is 0.660. The van der Waals surface area contributed by atoms with E-state index in [1.54, 1.807) is 31.1 Å². The average molecular weight is 467 g/mol. The molecule has 8 heteroatoms. The van der Waals surface area contributed by atoms with Gasteiger partial charge in [-0.2, -0.15) is 5.10 Å². The number of nitrogens with zero attached hydrogens (tertiary/aromatic N) is 3. The fourth-order valence-electron chi connectivity index (χ4n) is 2.30. The van der Waals surface area contributed by atoms with Gasteiger partial charge < -0.3 is 20.5 Å². The molecule has 1 aromatic heterocycles. The van der Waals surface area contributed by atoms with E-state index in [2.05, 4.69) is 41.5 Å². The van der Waals surface area contributed by atoms with E-state index in [4.69, 9.17) is 4.74 Å². The molecule has 0 fully saturated rings. The van der Waals surface area contributed by atoms with Crippen molar-refractivity contribution in [1.29, 1.82) is 0 Å². The standard InChI is InChI=1S/C17H33N5O2.HI/c1-8-18-15(19-10-14(24-7)16(2,3)4)20-12-17(5,23)13-9-21-22(6)11-13;/h9,11,14,23H,8,10,12H2,1-7H3,(H2,18,19,20);1H. The summed E-state index contributed by atoms with van der Waals surface area (Å²) in [6.45, 7) is 11.8. The first kappa shape index (κ1) is 24.1. The van der Waals surface area contributed by atoms with Crippen molar-refractivity contribution in [3.63, 3.8) is 0 Å². The van der Waals surface area contributed by atoms with Crippen molar-refractivity contribution in [2.45, 2.75) is 46.3 Å². The van der Waals surface area contributed by atoms with E-state index in [1.165, 1.54) is 0 Å². The molecule has 0 aliphatic carbocycles. The molecule has 1 aromatic rings. The predicted molar refractivity (Wildman–Crippen MR) is 112 cm³/mol. The number of aliphatic imine (C=N–C) groups is 1. The summed E-state index contributed by atoms with van der Waals surface area (Å²) in [4.78, 5) is 4.51. The van der Waals surface area contributed by atoms with Crippen molar-refractivity contribution in [1.82, 2.24) is 20.4 Å². The molecule has 0 bridgehead atoms. The Morgan fingerprint density at radius 3 is 2.44 bits per heavy atom.